The first-order valence-electron chi connectivity index (χ1n) is 5.97. The Labute approximate surface area is 115 Å². The number of benzene rings is 1. The number of aliphatic carboxylic acids is 1. The molecule has 108 valence electrons. The van der Waals surface area contributed by atoms with Gasteiger partial charge < -0.3 is 20.9 Å². The molecule has 4 N–H and O–H groups in total. The maximum atomic E-state index is 11.5. The van der Waals surface area contributed by atoms with Crippen molar-refractivity contribution in [1.82, 2.24) is 5.32 Å². The van der Waals surface area contributed by atoms with Gasteiger partial charge in [0.15, 0.2) is 0 Å². The average molecular weight is 280 g/mol. The zero-order valence-corrected chi connectivity index (χ0v) is 10.7. The smallest absolute Gasteiger partial charge is 0.326 e. The van der Waals surface area contributed by atoms with Gasteiger partial charge in [0.25, 0.3) is 0 Å². The first-order valence-corrected chi connectivity index (χ1v) is 5.97. The fourth-order valence-electron chi connectivity index (χ4n) is 1.45. The maximum Gasteiger partial charge on any atom is 0.326 e. The average Bonchev–Trinajstić information content (AvgIpc) is 2.38. The van der Waals surface area contributed by atoms with Crippen LogP contribution in [-0.2, 0) is 14.4 Å². The van der Waals surface area contributed by atoms with Crippen molar-refractivity contribution >= 4 is 17.8 Å². The second-order valence-corrected chi connectivity index (χ2v) is 4.04. The number of carbonyl (C=O) groups excluding carboxylic acids is 2. The Bertz CT molecular complexity index is 475. The zero-order valence-electron chi connectivity index (χ0n) is 10.7. The van der Waals surface area contributed by atoms with Crippen molar-refractivity contribution in [1.29, 1.82) is 0 Å². The van der Waals surface area contributed by atoms with Crippen LogP contribution in [0.1, 0.15) is 12.8 Å². The van der Waals surface area contributed by atoms with Crippen LogP contribution in [0.25, 0.3) is 0 Å². The molecule has 0 heterocycles. The number of nitrogens with one attached hydrogen (secondary N) is 1. The fourth-order valence-corrected chi connectivity index (χ4v) is 1.45. The van der Waals surface area contributed by atoms with E-state index in [1.54, 1.807) is 24.3 Å². The molecule has 0 aliphatic rings. The molecule has 2 amide bonds. The highest BCUT2D eigenvalue weighted by Gasteiger charge is 2.21. The SMILES string of the molecule is NC(=O)C[C@H](NC(=O)CCOc1ccccc1)C(=O)O. The normalized spacial score (nSPS) is 11.4. The molecule has 0 aliphatic carbocycles. The fraction of sp³-hybridized carbons (Fsp3) is 0.308. The lowest BCUT2D eigenvalue weighted by molar-refractivity contribution is -0.143. The number of hydrogen-bond acceptors (Lipinski definition) is 4. The number of ether oxygens (including phenoxy) is 1. The van der Waals surface area contributed by atoms with Crippen LogP contribution in [0.4, 0.5) is 0 Å². The van der Waals surface area contributed by atoms with E-state index in [1.807, 2.05) is 6.07 Å². The second kappa shape index (κ2) is 7.78. The van der Waals surface area contributed by atoms with Crippen molar-refractivity contribution in [3.8, 4) is 5.75 Å². The second-order valence-electron chi connectivity index (χ2n) is 4.04. The lowest BCUT2D eigenvalue weighted by Gasteiger charge is -2.13. The van der Waals surface area contributed by atoms with Gasteiger partial charge in [0.2, 0.25) is 11.8 Å². The van der Waals surface area contributed by atoms with Crippen LogP contribution >= 0.6 is 0 Å². The molecular weight excluding hydrogens is 264 g/mol. The van der Waals surface area contributed by atoms with Gasteiger partial charge in [0, 0.05) is 0 Å². The topological polar surface area (TPSA) is 119 Å². The molecule has 0 bridgehead atoms. The van der Waals surface area contributed by atoms with Crippen LogP contribution in [0.2, 0.25) is 0 Å². The summed E-state index contributed by atoms with van der Waals surface area (Å²) in [5.41, 5.74) is 4.90. The maximum absolute atomic E-state index is 11.5. The number of hydrogen-bond donors (Lipinski definition) is 3. The van der Waals surface area contributed by atoms with Gasteiger partial charge in [-0.2, -0.15) is 0 Å². The molecule has 7 nitrogen and oxygen atoms in total. The first kappa shape index (κ1) is 15.5. The molecule has 0 saturated heterocycles. The molecule has 0 saturated carbocycles. The van der Waals surface area contributed by atoms with Gasteiger partial charge in [-0.15, -0.1) is 0 Å². The monoisotopic (exact) mass is 280 g/mol. The molecule has 7 heteroatoms. The number of para-hydroxylation sites is 1. The highest BCUT2D eigenvalue weighted by atomic mass is 16.5. The van der Waals surface area contributed by atoms with Gasteiger partial charge in [0.1, 0.15) is 11.8 Å². The van der Waals surface area contributed by atoms with E-state index in [4.69, 9.17) is 15.6 Å². The van der Waals surface area contributed by atoms with Crippen molar-refractivity contribution in [3.05, 3.63) is 30.3 Å². The van der Waals surface area contributed by atoms with E-state index >= 15 is 0 Å². The van der Waals surface area contributed by atoms with E-state index in [9.17, 15) is 14.4 Å². The van der Waals surface area contributed by atoms with E-state index in [0.717, 1.165) is 0 Å². The summed E-state index contributed by atoms with van der Waals surface area (Å²) in [5, 5.41) is 11.0. The zero-order chi connectivity index (χ0) is 15.0. The molecule has 0 fully saturated rings. The number of nitrogens with two attached hydrogens (primary N) is 1. The minimum absolute atomic E-state index is 0.0164. The summed E-state index contributed by atoms with van der Waals surface area (Å²) in [5.74, 6) is -2.00. The lowest BCUT2D eigenvalue weighted by atomic mass is 10.2. The highest BCUT2D eigenvalue weighted by molar-refractivity contribution is 5.88. The number of carboxylic acid groups (broad SMARTS) is 1. The molecule has 0 spiro atoms. The van der Waals surface area contributed by atoms with Gasteiger partial charge >= 0.3 is 5.97 Å². The Morgan fingerprint density at radius 2 is 1.90 bits per heavy atom. The Kier molecular flexibility index (Phi) is 6.02. The van der Waals surface area contributed by atoms with Gasteiger partial charge in [0.05, 0.1) is 19.4 Å². The van der Waals surface area contributed by atoms with E-state index in [0.29, 0.717) is 5.75 Å². The third kappa shape index (κ3) is 5.85. The van der Waals surface area contributed by atoms with Gasteiger partial charge in [-0.1, -0.05) is 18.2 Å². The lowest BCUT2D eigenvalue weighted by Crippen LogP contribution is -2.43. The molecule has 0 aliphatic heterocycles. The highest BCUT2D eigenvalue weighted by Crippen LogP contribution is 2.08. The molecule has 1 aromatic carbocycles. The van der Waals surface area contributed by atoms with E-state index < -0.39 is 30.2 Å². The molecule has 1 rings (SSSR count). The summed E-state index contributed by atoms with van der Waals surface area (Å²) >= 11 is 0. The van der Waals surface area contributed by atoms with Crippen molar-refractivity contribution < 1.29 is 24.2 Å². The van der Waals surface area contributed by atoms with Crippen LogP contribution in [0.15, 0.2) is 30.3 Å². The van der Waals surface area contributed by atoms with E-state index in [2.05, 4.69) is 5.32 Å². The number of primary amides is 1. The standard InChI is InChI=1S/C13H16N2O5/c14-11(16)8-10(13(18)19)15-12(17)6-7-20-9-4-2-1-3-5-9/h1-5,10H,6-8H2,(H2,14,16)(H,15,17)(H,18,19)/t10-/m0/s1. The third-order valence-electron chi connectivity index (χ3n) is 2.38. The first-order chi connectivity index (χ1) is 9.49. The summed E-state index contributed by atoms with van der Waals surface area (Å²) in [6, 6.07) is 7.60. The quantitative estimate of drug-likeness (QED) is 0.614. The number of carbonyl (C=O) groups is 3. The van der Waals surface area contributed by atoms with Crippen LogP contribution in [-0.4, -0.2) is 35.5 Å². The van der Waals surface area contributed by atoms with Crippen molar-refractivity contribution in [3.63, 3.8) is 0 Å². The van der Waals surface area contributed by atoms with Crippen molar-refractivity contribution in [2.24, 2.45) is 5.73 Å². The van der Waals surface area contributed by atoms with Crippen LogP contribution in [0, 0.1) is 0 Å². The largest absolute Gasteiger partial charge is 0.493 e. The number of carboxylic acids is 1. The number of amides is 2. The van der Waals surface area contributed by atoms with Crippen molar-refractivity contribution in [2.45, 2.75) is 18.9 Å². The van der Waals surface area contributed by atoms with Crippen LogP contribution < -0.4 is 15.8 Å². The molecule has 1 aromatic rings. The van der Waals surface area contributed by atoms with E-state index in [-0.39, 0.29) is 13.0 Å². The predicted octanol–water partition coefficient (Wildman–Crippen LogP) is -0.0997. The summed E-state index contributed by atoms with van der Waals surface area (Å²) in [6.07, 6.45) is -0.460. The molecule has 0 aromatic heterocycles. The minimum Gasteiger partial charge on any atom is -0.493 e. The Hall–Kier alpha value is -2.57. The molecule has 1 atom stereocenters. The number of rotatable bonds is 8. The minimum atomic E-state index is -1.31. The molecule has 0 radical (unpaired) electrons. The summed E-state index contributed by atoms with van der Waals surface area (Å²) in [7, 11) is 0. The predicted molar refractivity (Wildman–Crippen MR) is 69.9 cm³/mol. The van der Waals surface area contributed by atoms with Crippen LogP contribution in [0.3, 0.4) is 0 Å². The Morgan fingerprint density at radius 1 is 1.25 bits per heavy atom. The van der Waals surface area contributed by atoms with Gasteiger partial charge in [-0.3, -0.25) is 9.59 Å². The Morgan fingerprint density at radius 3 is 2.45 bits per heavy atom. The van der Waals surface area contributed by atoms with Crippen LogP contribution in [0.5, 0.6) is 5.75 Å². The third-order valence-corrected chi connectivity index (χ3v) is 2.38. The molecular formula is C13H16N2O5. The Balaban J connectivity index is 2.35. The van der Waals surface area contributed by atoms with Crippen molar-refractivity contribution in [2.75, 3.05) is 6.61 Å². The summed E-state index contributed by atoms with van der Waals surface area (Å²) in [6.45, 7) is 0.110. The summed E-state index contributed by atoms with van der Waals surface area (Å²) in [4.78, 5) is 33.0. The van der Waals surface area contributed by atoms with Gasteiger partial charge in [-0.25, -0.2) is 4.79 Å². The van der Waals surface area contributed by atoms with E-state index in [1.165, 1.54) is 0 Å². The summed E-state index contributed by atoms with van der Waals surface area (Å²) < 4.78 is 5.30. The van der Waals surface area contributed by atoms with Gasteiger partial charge in [-0.05, 0) is 12.1 Å². The molecule has 20 heavy (non-hydrogen) atoms. The molecule has 0 unspecified atom stereocenters.